The molecule has 4 nitrogen and oxygen atoms in total. The summed E-state index contributed by atoms with van der Waals surface area (Å²) in [5.74, 6) is 1.44. The Bertz CT molecular complexity index is 419. The second-order valence-corrected chi connectivity index (χ2v) is 5.17. The van der Waals surface area contributed by atoms with Gasteiger partial charge in [-0.25, -0.2) is 0 Å². The van der Waals surface area contributed by atoms with E-state index >= 15 is 0 Å². The van der Waals surface area contributed by atoms with Crippen molar-refractivity contribution in [3.8, 4) is 0 Å². The van der Waals surface area contributed by atoms with Crippen LogP contribution in [0.3, 0.4) is 0 Å². The van der Waals surface area contributed by atoms with Gasteiger partial charge in [-0.15, -0.1) is 0 Å². The maximum absolute atomic E-state index is 12.1. The fraction of sp³-hybridized carbons (Fsp3) is 0.571. The molecule has 4 heteroatoms. The lowest BCUT2D eigenvalue weighted by molar-refractivity contribution is 0.0948. The van der Waals surface area contributed by atoms with E-state index < -0.39 is 0 Å². The second-order valence-electron chi connectivity index (χ2n) is 5.17. The number of hydrogen-bond acceptors (Lipinski definition) is 3. The third-order valence-corrected chi connectivity index (χ3v) is 3.69. The van der Waals surface area contributed by atoms with E-state index in [2.05, 4.69) is 22.5 Å². The van der Waals surface area contributed by atoms with E-state index in [0.717, 1.165) is 18.2 Å². The number of pyridine rings is 1. The van der Waals surface area contributed by atoms with Crippen molar-refractivity contribution in [3.05, 3.63) is 24.0 Å². The molecule has 1 amide bonds. The lowest BCUT2D eigenvalue weighted by atomic mass is 10.1. The van der Waals surface area contributed by atoms with E-state index in [4.69, 9.17) is 0 Å². The minimum Gasteiger partial charge on any atom is -0.386 e. The number of hydrogen-bond donors (Lipinski definition) is 2. The van der Waals surface area contributed by atoms with E-state index in [1.54, 1.807) is 25.5 Å². The number of nitrogens with zero attached hydrogens (tertiary/aromatic N) is 1. The van der Waals surface area contributed by atoms with Crippen molar-refractivity contribution in [2.45, 2.75) is 26.2 Å². The Morgan fingerprint density at radius 2 is 2.33 bits per heavy atom. The molecule has 0 radical (unpaired) electrons. The third kappa shape index (κ3) is 3.00. The van der Waals surface area contributed by atoms with E-state index in [1.807, 2.05) is 0 Å². The molecule has 0 aliphatic heterocycles. The number of rotatable bonds is 4. The van der Waals surface area contributed by atoms with Crippen molar-refractivity contribution in [2.75, 3.05) is 18.9 Å². The van der Waals surface area contributed by atoms with Crippen LogP contribution >= 0.6 is 0 Å². The van der Waals surface area contributed by atoms with Crippen LogP contribution in [0.1, 0.15) is 36.5 Å². The number of anilines is 1. The Morgan fingerprint density at radius 1 is 1.50 bits per heavy atom. The molecule has 0 saturated heterocycles. The van der Waals surface area contributed by atoms with Crippen molar-refractivity contribution in [1.29, 1.82) is 0 Å². The van der Waals surface area contributed by atoms with Crippen molar-refractivity contribution in [1.82, 2.24) is 10.3 Å². The van der Waals surface area contributed by atoms with Gasteiger partial charge in [0.05, 0.1) is 17.4 Å². The molecule has 1 saturated carbocycles. The normalized spacial score (nSPS) is 22.8. The van der Waals surface area contributed by atoms with Crippen LogP contribution in [0.5, 0.6) is 0 Å². The lowest BCUT2D eigenvalue weighted by Gasteiger charge is -2.12. The second kappa shape index (κ2) is 5.85. The van der Waals surface area contributed by atoms with Gasteiger partial charge in [0.25, 0.3) is 5.91 Å². The minimum absolute atomic E-state index is 0.0127. The Kier molecular flexibility index (Phi) is 4.18. The first kappa shape index (κ1) is 12.9. The van der Waals surface area contributed by atoms with Gasteiger partial charge in [0.15, 0.2) is 0 Å². The largest absolute Gasteiger partial charge is 0.386 e. The van der Waals surface area contributed by atoms with Crippen LogP contribution in [-0.2, 0) is 0 Å². The van der Waals surface area contributed by atoms with Gasteiger partial charge in [0, 0.05) is 19.8 Å². The molecule has 2 N–H and O–H groups in total. The van der Waals surface area contributed by atoms with E-state index in [-0.39, 0.29) is 5.91 Å². The summed E-state index contributed by atoms with van der Waals surface area (Å²) in [5.41, 5.74) is 1.44. The van der Waals surface area contributed by atoms with Crippen molar-refractivity contribution >= 4 is 11.6 Å². The maximum Gasteiger partial charge on any atom is 0.253 e. The third-order valence-electron chi connectivity index (χ3n) is 3.69. The zero-order valence-electron chi connectivity index (χ0n) is 11.1. The smallest absolute Gasteiger partial charge is 0.253 e. The van der Waals surface area contributed by atoms with Gasteiger partial charge >= 0.3 is 0 Å². The molecule has 1 fully saturated rings. The number of carbonyl (C=O) groups excluding carboxylic acids is 1. The Hall–Kier alpha value is -1.58. The van der Waals surface area contributed by atoms with Gasteiger partial charge in [-0.1, -0.05) is 13.3 Å². The van der Waals surface area contributed by atoms with E-state index in [0.29, 0.717) is 11.5 Å². The van der Waals surface area contributed by atoms with Crippen LogP contribution in [0.2, 0.25) is 0 Å². The van der Waals surface area contributed by atoms with Crippen LogP contribution in [0, 0.1) is 11.8 Å². The van der Waals surface area contributed by atoms with E-state index in [9.17, 15) is 4.79 Å². The molecule has 2 atom stereocenters. The molecule has 1 aliphatic rings. The maximum atomic E-state index is 12.1. The van der Waals surface area contributed by atoms with Gasteiger partial charge in [0.2, 0.25) is 0 Å². The van der Waals surface area contributed by atoms with E-state index in [1.165, 1.54) is 19.3 Å². The standard InChI is InChI=1S/C14H21N3O/c1-10-3-4-11(7-10)8-17-14(18)12-5-6-16-9-13(12)15-2/h5-6,9-11,15H,3-4,7-8H2,1-2H3,(H,17,18). The van der Waals surface area contributed by atoms with Gasteiger partial charge in [-0.2, -0.15) is 0 Å². The van der Waals surface area contributed by atoms with Gasteiger partial charge < -0.3 is 10.6 Å². The monoisotopic (exact) mass is 247 g/mol. The van der Waals surface area contributed by atoms with Crippen molar-refractivity contribution in [2.24, 2.45) is 11.8 Å². The number of nitrogens with one attached hydrogen (secondary N) is 2. The zero-order chi connectivity index (χ0) is 13.0. The van der Waals surface area contributed by atoms with Gasteiger partial charge in [-0.3, -0.25) is 9.78 Å². The summed E-state index contributed by atoms with van der Waals surface area (Å²) in [6.07, 6.45) is 7.07. The lowest BCUT2D eigenvalue weighted by Crippen LogP contribution is -2.29. The molecule has 0 spiro atoms. The summed E-state index contributed by atoms with van der Waals surface area (Å²) < 4.78 is 0. The van der Waals surface area contributed by atoms with Crippen molar-refractivity contribution in [3.63, 3.8) is 0 Å². The highest BCUT2D eigenvalue weighted by Crippen LogP contribution is 2.29. The Balaban J connectivity index is 1.91. The summed E-state index contributed by atoms with van der Waals surface area (Å²) in [7, 11) is 1.80. The highest BCUT2D eigenvalue weighted by molar-refractivity contribution is 5.99. The van der Waals surface area contributed by atoms with Crippen LogP contribution < -0.4 is 10.6 Å². The topological polar surface area (TPSA) is 54.0 Å². The molecule has 2 unspecified atom stereocenters. The molecule has 1 heterocycles. The van der Waals surface area contributed by atoms with Gasteiger partial charge in [-0.05, 0) is 30.7 Å². The number of aromatic nitrogens is 1. The predicted molar refractivity (Wildman–Crippen MR) is 72.6 cm³/mol. The molecule has 18 heavy (non-hydrogen) atoms. The summed E-state index contributed by atoms with van der Waals surface area (Å²) in [6.45, 7) is 3.07. The number of carbonyl (C=O) groups is 1. The molecule has 0 bridgehead atoms. The Morgan fingerprint density at radius 3 is 3.00 bits per heavy atom. The van der Waals surface area contributed by atoms with Crippen LogP contribution in [0.4, 0.5) is 5.69 Å². The SMILES string of the molecule is CNc1cnccc1C(=O)NCC1CCC(C)C1. The molecule has 1 aromatic rings. The minimum atomic E-state index is -0.0127. The average molecular weight is 247 g/mol. The summed E-state index contributed by atoms with van der Waals surface area (Å²) >= 11 is 0. The Labute approximate surface area is 108 Å². The van der Waals surface area contributed by atoms with Crippen molar-refractivity contribution < 1.29 is 4.79 Å². The fourth-order valence-electron chi connectivity index (χ4n) is 2.63. The molecule has 1 aromatic heterocycles. The first-order valence-corrected chi connectivity index (χ1v) is 6.60. The molecule has 1 aliphatic carbocycles. The highest BCUT2D eigenvalue weighted by atomic mass is 16.1. The van der Waals surface area contributed by atoms with Crippen LogP contribution in [-0.4, -0.2) is 24.5 Å². The average Bonchev–Trinajstić information content (AvgIpc) is 2.81. The molecule has 2 rings (SSSR count). The zero-order valence-corrected chi connectivity index (χ0v) is 11.1. The predicted octanol–water partition coefficient (Wildman–Crippen LogP) is 2.29. The van der Waals surface area contributed by atoms with Crippen LogP contribution in [0.25, 0.3) is 0 Å². The molecular weight excluding hydrogens is 226 g/mol. The number of amides is 1. The molecule has 98 valence electrons. The summed E-state index contributed by atoms with van der Waals surface area (Å²) in [5, 5.41) is 6.02. The molecule has 0 aromatic carbocycles. The molecular formula is C14H21N3O. The summed E-state index contributed by atoms with van der Waals surface area (Å²) in [6, 6.07) is 1.75. The van der Waals surface area contributed by atoms with Crippen LogP contribution in [0.15, 0.2) is 18.5 Å². The quantitative estimate of drug-likeness (QED) is 0.858. The highest BCUT2D eigenvalue weighted by Gasteiger charge is 2.22. The summed E-state index contributed by atoms with van der Waals surface area (Å²) in [4.78, 5) is 16.1. The fourth-order valence-corrected chi connectivity index (χ4v) is 2.63. The first-order chi connectivity index (χ1) is 8.70. The first-order valence-electron chi connectivity index (χ1n) is 6.60. The van der Waals surface area contributed by atoms with Gasteiger partial charge in [0.1, 0.15) is 0 Å².